The van der Waals surface area contributed by atoms with Gasteiger partial charge in [-0.25, -0.2) is 9.59 Å². The maximum atomic E-state index is 13.3. The number of aromatic carboxylic acids is 1. The van der Waals surface area contributed by atoms with Crippen molar-refractivity contribution in [2.75, 3.05) is 20.8 Å². The molecule has 4 rings (SSSR count). The van der Waals surface area contributed by atoms with Gasteiger partial charge in [0.2, 0.25) is 0 Å². The second kappa shape index (κ2) is 13.8. The molecule has 1 fully saturated rings. The van der Waals surface area contributed by atoms with Crippen LogP contribution in [0, 0.1) is 0 Å². The Morgan fingerprint density at radius 1 is 0.930 bits per heavy atom. The summed E-state index contributed by atoms with van der Waals surface area (Å²) in [7, 11) is 2.90. The molecule has 1 saturated heterocycles. The van der Waals surface area contributed by atoms with Crippen molar-refractivity contribution in [3.05, 3.63) is 87.4 Å². The lowest BCUT2D eigenvalue weighted by atomic mass is 10.1. The second-order valence-electron chi connectivity index (χ2n) is 9.37. The molecule has 3 aromatic carbocycles. The highest BCUT2D eigenvalue weighted by molar-refractivity contribution is 6.33. The van der Waals surface area contributed by atoms with Crippen molar-refractivity contribution in [3.8, 4) is 23.0 Å². The summed E-state index contributed by atoms with van der Waals surface area (Å²) in [5, 5.41) is 11.4. The number of amides is 4. The molecule has 1 heterocycles. The van der Waals surface area contributed by atoms with E-state index in [4.69, 9.17) is 35.7 Å². The highest BCUT2D eigenvalue weighted by atomic mass is 35.5. The summed E-state index contributed by atoms with van der Waals surface area (Å²) in [5.74, 6) is -1.25. The molecule has 0 bridgehead atoms. The molecule has 0 atom stereocenters. The highest BCUT2D eigenvalue weighted by Crippen LogP contribution is 2.38. The molecular weight excluding hydrogens is 580 g/mol. The molecule has 4 amide bonds. The number of methoxy groups -OCH3 is 2. The molecule has 0 aromatic heterocycles. The summed E-state index contributed by atoms with van der Waals surface area (Å²) < 4.78 is 22.3. The van der Waals surface area contributed by atoms with Gasteiger partial charge in [-0.2, -0.15) is 0 Å². The maximum Gasteiger partial charge on any atom is 0.335 e. The summed E-state index contributed by atoms with van der Waals surface area (Å²) >= 11 is 6.48. The topological polar surface area (TPSA) is 141 Å². The van der Waals surface area contributed by atoms with Crippen LogP contribution in [0.5, 0.6) is 23.0 Å². The van der Waals surface area contributed by atoms with Crippen LogP contribution in [0.15, 0.2) is 60.2 Å². The first-order valence-corrected chi connectivity index (χ1v) is 13.5. The van der Waals surface area contributed by atoms with Crippen molar-refractivity contribution in [2.24, 2.45) is 0 Å². The lowest BCUT2D eigenvalue weighted by Crippen LogP contribution is -2.53. The zero-order valence-corrected chi connectivity index (χ0v) is 24.4. The van der Waals surface area contributed by atoms with Crippen LogP contribution in [0.2, 0.25) is 5.02 Å². The first-order valence-electron chi connectivity index (χ1n) is 13.2. The van der Waals surface area contributed by atoms with Crippen LogP contribution in [0.25, 0.3) is 6.08 Å². The van der Waals surface area contributed by atoms with Crippen LogP contribution < -0.4 is 24.3 Å². The van der Waals surface area contributed by atoms with E-state index in [1.807, 2.05) is 6.92 Å². The van der Waals surface area contributed by atoms with Gasteiger partial charge in [0.15, 0.2) is 23.0 Å². The van der Waals surface area contributed by atoms with Gasteiger partial charge in [-0.05, 0) is 65.6 Å². The standard InChI is InChI=1S/C31H29ClN2O9/c1-4-11-42-24-10-7-19(14-25(24)40-2)16-34-29(36)22(28(35)33-31(34)39)12-20-13-23(32)27(26(15-20)41-3)43-17-18-5-8-21(9-6-18)30(37)38/h5-10,12-15H,4,11,16-17H2,1-3H3,(H,37,38)(H,33,35,39)/b22-12+. The number of nitrogens with one attached hydrogen (secondary N) is 1. The van der Waals surface area contributed by atoms with Crippen LogP contribution in [0.1, 0.15) is 40.4 Å². The number of urea groups is 1. The van der Waals surface area contributed by atoms with Crippen molar-refractivity contribution in [1.82, 2.24) is 10.2 Å². The summed E-state index contributed by atoms with van der Waals surface area (Å²) in [6.07, 6.45) is 2.12. The maximum absolute atomic E-state index is 13.3. The Hall–Kier alpha value is -5.03. The monoisotopic (exact) mass is 608 g/mol. The molecule has 0 aliphatic carbocycles. The van der Waals surface area contributed by atoms with Crippen molar-refractivity contribution in [1.29, 1.82) is 0 Å². The van der Waals surface area contributed by atoms with Crippen LogP contribution in [-0.4, -0.2) is 54.6 Å². The van der Waals surface area contributed by atoms with Gasteiger partial charge in [0.25, 0.3) is 11.8 Å². The number of hydrogen-bond acceptors (Lipinski definition) is 8. The minimum absolute atomic E-state index is 0.0743. The number of halogens is 1. The fourth-order valence-electron chi connectivity index (χ4n) is 4.19. The number of carboxylic acid groups (broad SMARTS) is 1. The number of carboxylic acids is 1. The lowest BCUT2D eigenvalue weighted by Gasteiger charge is -2.26. The largest absolute Gasteiger partial charge is 0.493 e. The number of imide groups is 2. The van der Waals surface area contributed by atoms with Gasteiger partial charge < -0.3 is 24.1 Å². The predicted octanol–water partition coefficient (Wildman–Crippen LogP) is 5.09. The third-order valence-corrected chi connectivity index (χ3v) is 6.64. The first-order chi connectivity index (χ1) is 20.6. The Labute approximate surface area is 252 Å². The van der Waals surface area contributed by atoms with Crippen molar-refractivity contribution in [3.63, 3.8) is 0 Å². The Morgan fingerprint density at radius 3 is 2.28 bits per heavy atom. The average molecular weight is 609 g/mol. The second-order valence-corrected chi connectivity index (χ2v) is 9.77. The summed E-state index contributed by atoms with van der Waals surface area (Å²) in [6, 6.07) is 13.4. The van der Waals surface area contributed by atoms with E-state index in [-0.39, 0.29) is 40.8 Å². The van der Waals surface area contributed by atoms with E-state index in [9.17, 15) is 19.2 Å². The molecule has 0 saturated carbocycles. The van der Waals surface area contributed by atoms with E-state index in [1.165, 1.54) is 44.6 Å². The molecule has 0 spiro atoms. The third-order valence-electron chi connectivity index (χ3n) is 6.36. The number of hydrogen-bond donors (Lipinski definition) is 2. The molecule has 0 unspecified atom stereocenters. The van der Waals surface area contributed by atoms with Crippen molar-refractivity contribution >= 4 is 41.5 Å². The Balaban J connectivity index is 1.55. The summed E-state index contributed by atoms with van der Waals surface area (Å²) in [5.41, 5.74) is 1.51. The quantitative estimate of drug-likeness (QED) is 0.213. The summed E-state index contributed by atoms with van der Waals surface area (Å²) in [4.78, 5) is 50.6. The van der Waals surface area contributed by atoms with E-state index in [0.717, 1.165) is 11.3 Å². The highest BCUT2D eigenvalue weighted by Gasteiger charge is 2.36. The molecule has 1 aliphatic rings. The van der Waals surface area contributed by atoms with E-state index in [0.29, 0.717) is 34.8 Å². The number of benzene rings is 3. The van der Waals surface area contributed by atoms with Crippen molar-refractivity contribution in [2.45, 2.75) is 26.5 Å². The van der Waals surface area contributed by atoms with Gasteiger partial charge in [-0.3, -0.25) is 19.8 Å². The molecule has 2 N–H and O–H groups in total. The van der Waals surface area contributed by atoms with E-state index >= 15 is 0 Å². The third kappa shape index (κ3) is 7.25. The van der Waals surface area contributed by atoms with E-state index in [2.05, 4.69) is 5.32 Å². The lowest BCUT2D eigenvalue weighted by molar-refractivity contribution is -0.130. The Bertz CT molecular complexity index is 1580. The fraction of sp³-hybridized carbons (Fsp3) is 0.226. The number of ether oxygens (including phenoxy) is 4. The van der Waals surface area contributed by atoms with Crippen molar-refractivity contribution < 1.29 is 43.2 Å². The van der Waals surface area contributed by atoms with Crippen LogP contribution >= 0.6 is 11.6 Å². The fourth-order valence-corrected chi connectivity index (χ4v) is 4.46. The number of carbonyl (C=O) groups is 4. The minimum Gasteiger partial charge on any atom is -0.493 e. The smallest absolute Gasteiger partial charge is 0.335 e. The number of carbonyl (C=O) groups excluding carboxylic acids is 3. The predicted molar refractivity (Wildman–Crippen MR) is 157 cm³/mol. The average Bonchev–Trinajstić information content (AvgIpc) is 2.99. The SMILES string of the molecule is CCCOc1ccc(CN2C(=O)NC(=O)/C(=C\c3cc(Cl)c(OCc4ccc(C(=O)O)cc4)c(OC)c3)C2=O)cc1OC. The van der Waals surface area contributed by atoms with Crippen LogP contribution in [-0.2, 0) is 22.7 Å². The van der Waals surface area contributed by atoms with Gasteiger partial charge in [-0.1, -0.05) is 36.7 Å². The molecule has 0 radical (unpaired) electrons. The van der Waals surface area contributed by atoms with Crippen LogP contribution in [0.3, 0.4) is 0 Å². The van der Waals surface area contributed by atoms with Crippen LogP contribution in [0.4, 0.5) is 4.79 Å². The van der Waals surface area contributed by atoms with E-state index < -0.39 is 23.8 Å². The number of rotatable bonds is 12. The zero-order valence-electron chi connectivity index (χ0n) is 23.6. The normalized spacial score (nSPS) is 14.0. The first kappa shape index (κ1) is 30.9. The summed E-state index contributed by atoms with van der Waals surface area (Å²) in [6.45, 7) is 2.44. The van der Waals surface area contributed by atoms with Gasteiger partial charge in [0.05, 0.1) is 38.0 Å². The van der Waals surface area contributed by atoms with Gasteiger partial charge in [0.1, 0.15) is 12.2 Å². The molecule has 43 heavy (non-hydrogen) atoms. The molecule has 12 heteroatoms. The molecule has 11 nitrogen and oxygen atoms in total. The van der Waals surface area contributed by atoms with E-state index in [1.54, 1.807) is 30.3 Å². The Kier molecular flexibility index (Phi) is 9.89. The van der Waals surface area contributed by atoms with Gasteiger partial charge in [0, 0.05) is 0 Å². The van der Waals surface area contributed by atoms with Gasteiger partial charge >= 0.3 is 12.0 Å². The zero-order chi connectivity index (χ0) is 31.1. The molecular formula is C31H29ClN2O9. The van der Waals surface area contributed by atoms with Gasteiger partial charge in [-0.15, -0.1) is 0 Å². The minimum atomic E-state index is -1.04. The number of nitrogens with zero attached hydrogens (tertiary/aromatic N) is 1. The molecule has 3 aromatic rings. The Morgan fingerprint density at radius 2 is 1.63 bits per heavy atom. The molecule has 224 valence electrons. The molecule has 1 aliphatic heterocycles. The number of barbiturate groups is 1.